The van der Waals surface area contributed by atoms with Crippen molar-refractivity contribution in [2.24, 2.45) is 0 Å². The molecule has 0 aromatic carbocycles. The molecule has 0 spiro atoms. The van der Waals surface area contributed by atoms with Gasteiger partial charge in [-0.3, -0.25) is 5.10 Å². The molecule has 0 aliphatic carbocycles. The fourth-order valence-electron chi connectivity index (χ4n) is 0.686. The molecule has 0 aliphatic heterocycles. The predicted molar refractivity (Wildman–Crippen MR) is 37.9 cm³/mol. The first-order chi connectivity index (χ1) is 5.41. The van der Waals surface area contributed by atoms with Crippen LogP contribution in [0.1, 0.15) is 23.7 Å². The molecule has 2 nitrogen and oxygen atoms in total. The summed E-state index contributed by atoms with van der Waals surface area (Å²) >= 11 is 5.52. The maximum absolute atomic E-state index is 12.0. The van der Waals surface area contributed by atoms with Crippen molar-refractivity contribution in [3.05, 3.63) is 17.5 Å². The van der Waals surface area contributed by atoms with E-state index < -0.39 is 17.2 Å². The molecule has 1 rings (SSSR count). The number of aromatic nitrogens is 2. The predicted octanol–water partition coefficient (Wildman–Crippen LogP) is 2.73. The minimum Gasteiger partial charge on any atom is -0.273 e. The van der Waals surface area contributed by atoms with Crippen LogP contribution in [0.3, 0.4) is 0 Å². The van der Waals surface area contributed by atoms with Gasteiger partial charge in [-0.15, -0.1) is 11.6 Å². The summed E-state index contributed by atoms with van der Waals surface area (Å²) in [6.07, 6.45) is -4.38. The third-order valence-corrected chi connectivity index (χ3v) is 1.53. The lowest BCUT2D eigenvalue weighted by Crippen LogP contribution is -2.04. The van der Waals surface area contributed by atoms with Crippen molar-refractivity contribution >= 4 is 11.6 Å². The lowest BCUT2D eigenvalue weighted by Gasteiger charge is -1.99. The number of aromatic amines is 1. The molecular weight excluding hydrogens is 193 g/mol. The summed E-state index contributed by atoms with van der Waals surface area (Å²) in [5.74, 6) is 0. The van der Waals surface area contributed by atoms with Gasteiger partial charge in [0.05, 0.1) is 11.1 Å². The van der Waals surface area contributed by atoms with Crippen LogP contribution in [0.5, 0.6) is 0 Å². The van der Waals surface area contributed by atoms with Crippen LogP contribution in [0.4, 0.5) is 13.2 Å². The van der Waals surface area contributed by atoms with E-state index in [0.29, 0.717) is 0 Å². The second kappa shape index (κ2) is 2.97. The molecule has 0 bridgehead atoms. The van der Waals surface area contributed by atoms with E-state index in [1.54, 1.807) is 6.92 Å². The van der Waals surface area contributed by atoms with Crippen molar-refractivity contribution in [1.82, 2.24) is 10.2 Å². The highest BCUT2D eigenvalue weighted by Gasteiger charge is 2.33. The van der Waals surface area contributed by atoms with E-state index in [9.17, 15) is 13.2 Å². The average molecular weight is 199 g/mol. The maximum Gasteiger partial charge on any atom is 0.432 e. The Labute approximate surface area is 71.7 Å². The van der Waals surface area contributed by atoms with E-state index in [4.69, 9.17) is 11.6 Å². The van der Waals surface area contributed by atoms with Gasteiger partial charge in [0.1, 0.15) is 5.69 Å². The smallest absolute Gasteiger partial charge is 0.273 e. The molecule has 1 aromatic rings. The number of nitrogens with one attached hydrogen (secondary N) is 1. The number of H-pyrrole nitrogens is 1. The molecule has 6 heteroatoms. The molecule has 0 amide bonds. The number of alkyl halides is 4. The van der Waals surface area contributed by atoms with Crippen LogP contribution < -0.4 is 0 Å². The highest BCUT2D eigenvalue weighted by Crippen LogP contribution is 2.29. The number of hydrogen-bond donors (Lipinski definition) is 1. The van der Waals surface area contributed by atoms with Gasteiger partial charge < -0.3 is 0 Å². The third-order valence-electron chi connectivity index (χ3n) is 1.31. The molecule has 1 aromatic heterocycles. The van der Waals surface area contributed by atoms with Crippen LogP contribution in [0.15, 0.2) is 6.07 Å². The number of rotatable bonds is 1. The van der Waals surface area contributed by atoms with Crippen molar-refractivity contribution in [1.29, 1.82) is 0 Å². The Morgan fingerprint density at radius 1 is 1.58 bits per heavy atom. The zero-order valence-corrected chi connectivity index (χ0v) is 6.87. The minimum atomic E-state index is -4.38. The second-order valence-electron chi connectivity index (χ2n) is 2.32. The molecule has 1 N–H and O–H groups in total. The average Bonchev–Trinajstić information content (AvgIpc) is 2.30. The first-order valence-electron chi connectivity index (χ1n) is 3.18. The first kappa shape index (κ1) is 9.38. The van der Waals surface area contributed by atoms with Crippen molar-refractivity contribution in [2.75, 3.05) is 0 Å². The quantitative estimate of drug-likeness (QED) is 0.691. The largest absolute Gasteiger partial charge is 0.432 e. The molecular formula is C6H6ClF3N2. The van der Waals surface area contributed by atoms with Crippen molar-refractivity contribution in [2.45, 2.75) is 18.5 Å². The summed E-state index contributed by atoms with van der Waals surface area (Å²) in [4.78, 5) is 0. The molecule has 1 unspecified atom stereocenters. The van der Waals surface area contributed by atoms with Crippen LogP contribution >= 0.6 is 11.6 Å². The molecule has 0 saturated carbocycles. The van der Waals surface area contributed by atoms with Crippen molar-refractivity contribution < 1.29 is 13.2 Å². The van der Waals surface area contributed by atoms with Gasteiger partial charge in [-0.25, -0.2) is 0 Å². The van der Waals surface area contributed by atoms with Gasteiger partial charge in [-0.1, -0.05) is 0 Å². The summed E-state index contributed by atoms with van der Waals surface area (Å²) in [7, 11) is 0. The highest BCUT2D eigenvalue weighted by molar-refractivity contribution is 6.20. The molecule has 0 aliphatic rings. The van der Waals surface area contributed by atoms with E-state index in [0.717, 1.165) is 6.07 Å². The second-order valence-corrected chi connectivity index (χ2v) is 2.97. The molecule has 1 heterocycles. The van der Waals surface area contributed by atoms with E-state index >= 15 is 0 Å². The summed E-state index contributed by atoms with van der Waals surface area (Å²) < 4.78 is 35.9. The van der Waals surface area contributed by atoms with Gasteiger partial charge in [0.2, 0.25) is 0 Å². The van der Waals surface area contributed by atoms with Crippen LogP contribution in [-0.4, -0.2) is 10.2 Å². The monoisotopic (exact) mass is 198 g/mol. The molecule has 68 valence electrons. The highest BCUT2D eigenvalue weighted by atomic mass is 35.5. The molecule has 1 atom stereocenters. The standard InChI is InChI=1S/C6H6ClF3N2/c1-3(7)4-2-5(12-11-4)6(8,9)10/h2-3H,1H3,(H,11,12). The fraction of sp³-hybridized carbons (Fsp3) is 0.500. The van der Waals surface area contributed by atoms with E-state index in [1.807, 2.05) is 5.10 Å². The lowest BCUT2D eigenvalue weighted by molar-refractivity contribution is -0.141. The first-order valence-corrected chi connectivity index (χ1v) is 3.61. The summed E-state index contributed by atoms with van der Waals surface area (Å²) in [6.45, 7) is 1.55. The number of hydrogen-bond acceptors (Lipinski definition) is 1. The summed E-state index contributed by atoms with van der Waals surface area (Å²) in [5, 5.41) is 4.76. The van der Waals surface area contributed by atoms with Gasteiger partial charge in [0, 0.05) is 0 Å². The van der Waals surface area contributed by atoms with E-state index in [1.165, 1.54) is 0 Å². The Morgan fingerprint density at radius 2 is 2.17 bits per heavy atom. The topological polar surface area (TPSA) is 28.7 Å². The van der Waals surface area contributed by atoms with E-state index in [-0.39, 0.29) is 5.69 Å². The van der Waals surface area contributed by atoms with Gasteiger partial charge in [-0.05, 0) is 13.0 Å². The molecule has 0 radical (unpaired) electrons. The molecule has 0 saturated heterocycles. The third kappa shape index (κ3) is 1.91. The van der Waals surface area contributed by atoms with Crippen molar-refractivity contribution in [3.8, 4) is 0 Å². The zero-order valence-electron chi connectivity index (χ0n) is 6.11. The Bertz CT molecular complexity index is 266. The minimum absolute atomic E-state index is 0.198. The van der Waals surface area contributed by atoms with Crippen LogP contribution in [0.2, 0.25) is 0 Å². The van der Waals surface area contributed by atoms with Gasteiger partial charge in [-0.2, -0.15) is 18.3 Å². The Morgan fingerprint density at radius 3 is 2.42 bits per heavy atom. The number of halogens is 4. The molecule has 0 fully saturated rings. The SMILES string of the molecule is CC(Cl)c1cc(C(F)(F)F)[nH]n1. The summed E-state index contributed by atoms with van der Waals surface area (Å²) in [6, 6.07) is 0.900. The number of nitrogens with zero attached hydrogens (tertiary/aromatic N) is 1. The Balaban J connectivity index is 2.92. The van der Waals surface area contributed by atoms with Gasteiger partial charge in [0.25, 0.3) is 0 Å². The maximum atomic E-state index is 12.0. The molecule has 12 heavy (non-hydrogen) atoms. The van der Waals surface area contributed by atoms with E-state index in [2.05, 4.69) is 5.10 Å². The lowest BCUT2D eigenvalue weighted by atomic mass is 10.3. The zero-order chi connectivity index (χ0) is 9.35. The summed E-state index contributed by atoms with van der Waals surface area (Å²) in [5.41, 5.74) is -0.672. The van der Waals surface area contributed by atoms with Crippen LogP contribution in [0, 0.1) is 0 Å². The van der Waals surface area contributed by atoms with Crippen LogP contribution in [0.25, 0.3) is 0 Å². The normalized spacial score (nSPS) is 14.8. The van der Waals surface area contributed by atoms with Gasteiger partial charge >= 0.3 is 6.18 Å². The van der Waals surface area contributed by atoms with Crippen molar-refractivity contribution in [3.63, 3.8) is 0 Å². The Kier molecular flexibility index (Phi) is 2.32. The Hall–Kier alpha value is -0.710. The fourth-order valence-corrected chi connectivity index (χ4v) is 0.798. The van der Waals surface area contributed by atoms with Crippen LogP contribution in [-0.2, 0) is 6.18 Å². The van der Waals surface area contributed by atoms with Gasteiger partial charge in [0.15, 0.2) is 0 Å².